The lowest BCUT2D eigenvalue weighted by molar-refractivity contribution is 0.0327. The van der Waals surface area contributed by atoms with Gasteiger partial charge in [0.15, 0.2) is 5.82 Å². The highest BCUT2D eigenvalue weighted by atomic mass is 16.5. The second-order valence-electron chi connectivity index (χ2n) is 7.21. The minimum absolute atomic E-state index is 0.426. The number of rotatable bonds is 4. The van der Waals surface area contributed by atoms with Gasteiger partial charge in [0, 0.05) is 25.7 Å². The van der Waals surface area contributed by atoms with Crippen molar-refractivity contribution in [2.75, 3.05) is 39.4 Å². The topological polar surface area (TPSA) is 54.6 Å². The van der Waals surface area contributed by atoms with Crippen LogP contribution < -0.4 is 0 Å². The lowest BCUT2D eigenvalue weighted by Crippen LogP contribution is -2.40. The quantitative estimate of drug-likeness (QED) is 0.846. The van der Waals surface area contributed by atoms with E-state index in [4.69, 9.17) is 14.2 Å². The average molecular weight is 320 g/mol. The highest BCUT2D eigenvalue weighted by Gasteiger charge is 2.31. The molecule has 0 unspecified atom stereocenters. The minimum Gasteiger partial charge on any atom is -0.379 e. The molecule has 2 saturated heterocycles. The fourth-order valence-corrected chi connectivity index (χ4v) is 4.27. The molecular formula is C17H28N4O2. The number of ether oxygens (including phenoxy) is 1. The first kappa shape index (κ1) is 15.5. The predicted molar refractivity (Wildman–Crippen MR) is 86.2 cm³/mol. The number of piperidine rings is 1. The standard InChI is InChI=1S/C17H28N4O2/c1-2-6-15(5-1)21-7-3-4-14(12-21)17-18-16(19-23-17)13-20-8-10-22-11-9-20/h14-15H,1-13H2/t14-/m0/s1. The van der Waals surface area contributed by atoms with Gasteiger partial charge in [-0.3, -0.25) is 9.80 Å². The van der Waals surface area contributed by atoms with Gasteiger partial charge in [-0.2, -0.15) is 4.98 Å². The molecule has 6 heteroatoms. The fourth-order valence-electron chi connectivity index (χ4n) is 4.27. The molecule has 1 aliphatic carbocycles. The van der Waals surface area contributed by atoms with Crippen molar-refractivity contribution in [3.05, 3.63) is 11.7 Å². The third-order valence-electron chi connectivity index (χ3n) is 5.60. The van der Waals surface area contributed by atoms with E-state index in [2.05, 4.69) is 15.0 Å². The van der Waals surface area contributed by atoms with Crippen molar-refractivity contribution in [1.29, 1.82) is 0 Å². The Morgan fingerprint density at radius 1 is 1.00 bits per heavy atom. The molecule has 0 radical (unpaired) electrons. The summed E-state index contributed by atoms with van der Waals surface area (Å²) in [5.41, 5.74) is 0. The molecule has 0 bridgehead atoms. The summed E-state index contributed by atoms with van der Waals surface area (Å²) in [6, 6.07) is 0.800. The molecule has 1 saturated carbocycles. The summed E-state index contributed by atoms with van der Waals surface area (Å²) in [4.78, 5) is 9.71. The molecule has 4 rings (SSSR count). The smallest absolute Gasteiger partial charge is 0.231 e. The molecule has 0 spiro atoms. The van der Waals surface area contributed by atoms with Gasteiger partial charge in [-0.15, -0.1) is 0 Å². The zero-order chi connectivity index (χ0) is 15.5. The fraction of sp³-hybridized carbons (Fsp3) is 0.882. The van der Waals surface area contributed by atoms with Gasteiger partial charge in [0.05, 0.1) is 25.7 Å². The summed E-state index contributed by atoms with van der Waals surface area (Å²) in [6.07, 6.45) is 7.98. The second-order valence-corrected chi connectivity index (χ2v) is 7.21. The highest BCUT2D eigenvalue weighted by Crippen LogP contribution is 2.31. The van der Waals surface area contributed by atoms with Gasteiger partial charge < -0.3 is 9.26 Å². The minimum atomic E-state index is 0.426. The van der Waals surface area contributed by atoms with Crippen LogP contribution in [0.3, 0.4) is 0 Å². The Balaban J connectivity index is 1.35. The van der Waals surface area contributed by atoms with Crippen molar-refractivity contribution in [3.8, 4) is 0 Å². The summed E-state index contributed by atoms with van der Waals surface area (Å²) < 4.78 is 11.0. The van der Waals surface area contributed by atoms with Crippen LogP contribution >= 0.6 is 0 Å². The van der Waals surface area contributed by atoms with Gasteiger partial charge in [-0.25, -0.2) is 0 Å². The number of likely N-dealkylation sites (tertiary alicyclic amines) is 1. The zero-order valence-corrected chi connectivity index (χ0v) is 14.0. The number of nitrogens with zero attached hydrogens (tertiary/aromatic N) is 4. The number of morpholine rings is 1. The van der Waals surface area contributed by atoms with Crippen LogP contribution in [0.4, 0.5) is 0 Å². The Morgan fingerprint density at radius 3 is 2.65 bits per heavy atom. The van der Waals surface area contributed by atoms with Crippen LogP contribution in [0.15, 0.2) is 4.52 Å². The van der Waals surface area contributed by atoms with Gasteiger partial charge in [0.1, 0.15) is 0 Å². The van der Waals surface area contributed by atoms with Gasteiger partial charge in [-0.1, -0.05) is 18.0 Å². The van der Waals surface area contributed by atoms with E-state index < -0.39 is 0 Å². The molecule has 0 N–H and O–H groups in total. The summed E-state index contributed by atoms with van der Waals surface area (Å²) in [5.74, 6) is 2.12. The molecule has 3 aliphatic rings. The average Bonchev–Trinajstić information content (AvgIpc) is 3.28. The van der Waals surface area contributed by atoms with Crippen molar-refractivity contribution < 1.29 is 9.26 Å². The zero-order valence-electron chi connectivity index (χ0n) is 14.0. The van der Waals surface area contributed by atoms with E-state index >= 15 is 0 Å². The summed E-state index contributed by atoms with van der Waals surface area (Å²) in [5, 5.41) is 4.22. The maximum atomic E-state index is 5.61. The van der Waals surface area contributed by atoms with Crippen molar-refractivity contribution in [2.45, 2.75) is 57.0 Å². The second kappa shape index (κ2) is 7.28. The normalized spacial score (nSPS) is 28.4. The van der Waals surface area contributed by atoms with Crippen LogP contribution in [-0.4, -0.2) is 65.4 Å². The van der Waals surface area contributed by atoms with Crippen molar-refractivity contribution in [3.63, 3.8) is 0 Å². The molecule has 2 aliphatic heterocycles. The number of hydrogen-bond acceptors (Lipinski definition) is 6. The SMILES string of the molecule is C1CCC(N2CCC[C@H](c3nc(CN4CCOCC4)no3)C2)C1. The first-order valence-corrected chi connectivity index (χ1v) is 9.25. The van der Waals surface area contributed by atoms with Gasteiger partial charge >= 0.3 is 0 Å². The third-order valence-corrected chi connectivity index (χ3v) is 5.60. The molecule has 0 aromatic carbocycles. The van der Waals surface area contributed by atoms with Crippen LogP contribution in [0.5, 0.6) is 0 Å². The van der Waals surface area contributed by atoms with Crippen LogP contribution in [0.1, 0.15) is 56.2 Å². The largest absolute Gasteiger partial charge is 0.379 e. The maximum absolute atomic E-state index is 5.61. The Hall–Kier alpha value is -0.980. The maximum Gasteiger partial charge on any atom is 0.231 e. The van der Waals surface area contributed by atoms with E-state index in [1.807, 2.05) is 0 Å². The van der Waals surface area contributed by atoms with E-state index in [0.29, 0.717) is 5.92 Å². The summed E-state index contributed by atoms with van der Waals surface area (Å²) >= 11 is 0. The Bertz CT molecular complexity index is 495. The van der Waals surface area contributed by atoms with Crippen molar-refractivity contribution >= 4 is 0 Å². The Kier molecular flexibility index (Phi) is 4.92. The molecule has 0 amide bonds. The van der Waals surface area contributed by atoms with E-state index in [1.54, 1.807) is 0 Å². The van der Waals surface area contributed by atoms with Crippen LogP contribution in [0, 0.1) is 0 Å². The number of hydrogen-bond donors (Lipinski definition) is 0. The van der Waals surface area contributed by atoms with Gasteiger partial charge in [0.25, 0.3) is 0 Å². The molecular weight excluding hydrogens is 292 g/mol. The number of aromatic nitrogens is 2. The lowest BCUT2D eigenvalue weighted by Gasteiger charge is -2.35. The Morgan fingerprint density at radius 2 is 1.83 bits per heavy atom. The van der Waals surface area contributed by atoms with E-state index in [9.17, 15) is 0 Å². The third kappa shape index (κ3) is 3.75. The first-order chi connectivity index (χ1) is 11.4. The molecule has 3 fully saturated rings. The van der Waals surface area contributed by atoms with E-state index in [0.717, 1.165) is 57.1 Å². The molecule has 23 heavy (non-hydrogen) atoms. The van der Waals surface area contributed by atoms with Crippen LogP contribution in [0.25, 0.3) is 0 Å². The molecule has 3 heterocycles. The van der Waals surface area contributed by atoms with Crippen molar-refractivity contribution in [1.82, 2.24) is 19.9 Å². The Labute approximate surface area is 138 Å². The van der Waals surface area contributed by atoms with Crippen molar-refractivity contribution in [2.24, 2.45) is 0 Å². The monoisotopic (exact) mass is 320 g/mol. The van der Waals surface area contributed by atoms with E-state index in [1.165, 1.54) is 45.1 Å². The summed E-state index contributed by atoms with van der Waals surface area (Å²) in [6.45, 7) is 6.67. The van der Waals surface area contributed by atoms with Gasteiger partial charge in [-0.05, 0) is 32.2 Å². The first-order valence-electron chi connectivity index (χ1n) is 9.25. The van der Waals surface area contributed by atoms with E-state index in [-0.39, 0.29) is 0 Å². The highest BCUT2D eigenvalue weighted by molar-refractivity contribution is 4.98. The molecule has 1 atom stereocenters. The molecule has 1 aromatic rings. The predicted octanol–water partition coefficient (Wildman–Crippen LogP) is 2.02. The van der Waals surface area contributed by atoms with Gasteiger partial charge in [0.2, 0.25) is 5.89 Å². The lowest BCUT2D eigenvalue weighted by atomic mass is 9.96. The molecule has 6 nitrogen and oxygen atoms in total. The van der Waals surface area contributed by atoms with Crippen LogP contribution in [-0.2, 0) is 11.3 Å². The molecule has 1 aromatic heterocycles. The van der Waals surface area contributed by atoms with Crippen LogP contribution in [0.2, 0.25) is 0 Å². The molecule has 128 valence electrons. The summed E-state index contributed by atoms with van der Waals surface area (Å²) in [7, 11) is 0.